The van der Waals surface area contributed by atoms with Crippen LogP contribution >= 0.6 is 11.6 Å². The van der Waals surface area contributed by atoms with E-state index in [0.29, 0.717) is 24.2 Å². The predicted octanol–water partition coefficient (Wildman–Crippen LogP) is 2.40. The van der Waals surface area contributed by atoms with Crippen molar-refractivity contribution in [2.45, 2.75) is 13.3 Å². The van der Waals surface area contributed by atoms with Crippen molar-refractivity contribution < 1.29 is 13.3 Å². The molecule has 1 aromatic carbocycles. The van der Waals surface area contributed by atoms with Crippen LogP contribution in [0.4, 0.5) is 11.4 Å². The fraction of sp³-hybridized carbons (Fsp3) is 0.455. The Hall–Kier alpha value is -1.34. The van der Waals surface area contributed by atoms with Crippen LogP contribution in [0.15, 0.2) is 12.1 Å². The Morgan fingerprint density at radius 1 is 1.42 bits per heavy atom. The van der Waals surface area contributed by atoms with Crippen LogP contribution in [0.3, 0.4) is 0 Å². The van der Waals surface area contributed by atoms with Crippen LogP contribution in [0.25, 0.3) is 0 Å². The normalized spacial score (nSPS) is 11.3. The third-order valence-electron chi connectivity index (χ3n) is 2.50. The number of benzene rings is 1. The van der Waals surface area contributed by atoms with Gasteiger partial charge in [0, 0.05) is 24.6 Å². The van der Waals surface area contributed by atoms with Crippen LogP contribution in [0, 0.1) is 17.0 Å². The van der Waals surface area contributed by atoms with Gasteiger partial charge in [-0.15, -0.1) is 0 Å². The fourth-order valence-electron chi connectivity index (χ4n) is 1.55. The van der Waals surface area contributed by atoms with Gasteiger partial charge in [0.05, 0.1) is 10.7 Å². The van der Waals surface area contributed by atoms with Gasteiger partial charge in [0.1, 0.15) is 14.9 Å². The molecular weight excluding hydrogens is 292 g/mol. The number of nitrogens with one attached hydrogen (secondary N) is 1. The molecule has 0 aliphatic rings. The second kappa shape index (κ2) is 6.21. The van der Waals surface area contributed by atoms with Crippen LogP contribution < -0.4 is 5.32 Å². The highest BCUT2D eigenvalue weighted by Crippen LogP contribution is 2.30. The van der Waals surface area contributed by atoms with E-state index in [-0.39, 0.29) is 16.5 Å². The minimum Gasteiger partial charge on any atom is -0.385 e. The van der Waals surface area contributed by atoms with Crippen LogP contribution in [-0.4, -0.2) is 31.9 Å². The molecule has 0 atom stereocenters. The van der Waals surface area contributed by atoms with Crippen LogP contribution in [0.1, 0.15) is 12.0 Å². The first kappa shape index (κ1) is 15.7. The molecule has 0 bridgehead atoms. The highest BCUT2D eigenvalue weighted by Gasteiger charge is 2.14. The monoisotopic (exact) mass is 306 g/mol. The number of rotatable bonds is 6. The van der Waals surface area contributed by atoms with E-state index < -0.39 is 14.8 Å². The Labute approximate surface area is 116 Å². The van der Waals surface area contributed by atoms with Gasteiger partial charge in [0.25, 0.3) is 5.69 Å². The van der Waals surface area contributed by atoms with E-state index in [2.05, 4.69) is 5.32 Å². The number of halogens is 1. The Morgan fingerprint density at radius 2 is 2.05 bits per heavy atom. The van der Waals surface area contributed by atoms with E-state index in [1.54, 1.807) is 6.92 Å². The summed E-state index contributed by atoms with van der Waals surface area (Å²) in [5, 5.41) is 13.8. The molecule has 0 fully saturated rings. The van der Waals surface area contributed by atoms with Gasteiger partial charge in [-0.2, -0.15) is 0 Å². The molecule has 0 saturated carbocycles. The van der Waals surface area contributed by atoms with Gasteiger partial charge in [-0.1, -0.05) is 11.6 Å². The first-order valence-electron chi connectivity index (χ1n) is 5.57. The lowest BCUT2D eigenvalue weighted by Gasteiger charge is -2.10. The molecule has 0 spiro atoms. The Morgan fingerprint density at radius 3 is 2.58 bits per heavy atom. The van der Waals surface area contributed by atoms with Crippen molar-refractivity contribution in [1.29, 1.82) is 0 Å². The van der Waals surface area contributed by atoms with E-state index in [1.807, 2.05) is 0 Å². The lowest BCUT2D eigenvalue weighted by atomic mass is 10.1. The maximum absolute atomic E-state index is 11.0. The van der Waals surface area contributed by atoms with Crippen molar-refractivity contribution in [2.24, 2.45) is 0 Å². The van der Waals surface area contributed by atoms with Crippen molar-refractivity contribution in [2.75, 3.05) is 23.9 Å². The second-order valence-electron chi connectivity index (χ2n) is 4.29. The zero-order chi connectivity index (χ0) is 14.6. The van der Waals surface area contributed by atoms with E-state index in [0.717, 1.165) is 0 Å². The molecule has 0 unspecified atom stereocenters. The number of anilines is 1. The van der Waals surface area contributed by atoms with E-state index in [9.17, 15) is 18.5 Å². The average molecular weight is 307 g/mol. The van der Waals surface area contributed by atoms with Crippen LogP contribution in [-0.2, 0) is 9.84 Å². The molecule has 1 rings (SSSR count). The van der Waals surface area contributed by atoms with E-state index in [1.165, 1.54) is 18.4 Å². The summed E-state index contributed by atoms with van der Waals surface area (Å²) < 4.78 is 21.9. The molecule has 1 N–H and O–H groups in total. The highest BCUT2D eigenvalue weighted by atomic mass is 35.5. The van der Waals surface area contributed by atoms with Gasteiger partial charge in [-0.25, -0.2) is 8.42 Å². The summed E-state index contributed by atoms with van der Waals surface area (Å²) in [6.07, 6.45) is 1.65. The molecule has 1 aromatic rings. The summed E-state index contributed by atoms with van der Waals surface area (Å²) in [7, 11) is -2.97. The average Bonchev–Trinajstić information content (AvgIpc) is 2.26. The molecule has 0 aliphatic carbocycles. The number of nitrogens with zero attached hydrogens (tertiary/aromatic N) is 1. The zero-order valence-electron chi connectivity index (χ0n) is 10.6. The number of nitro benzene ring substituents is 1. The maximum Gasteiger partial charge on any atom is 0.288 e. The van der Waals surface area contributed by atoms with Crippen molar-refractivity contribution in [3.8, 4) is 0 Å². The smallest absolute Gasteiger partial charge is 0.288 e. The molecule has 0 aliphatic heterocycles. The second-order valence-corrected chi connectivity index (χ2v) is 6.95. The SMILES string of the molecule is Cc1cc([N+](=O)[O-])c(Cl)cc1NCCCS(C)(=O)=O. The number of aryl methyl sites for hydroxylation is 1. The van der Waals surface area contributed by atoms with Crippen molar-refractivity contribution in [1.82, 2.24) is 0 Å². The molecule has 106 valence electrons. The van der Waals surface area contributed by atoms with Gasteiger partial charge in [-0.05, 0) is 25.0 Å². The van der Waals surface area contributed by atoms with Crippen molar-refractivity contribution in [3.05, 3.63) is 32.8 Å². The standard InChI is InChI=1S/C11H15ClN2O4S/c1-8-6-11(14(15)16)9(12)7-10(8)13-4-3-5-19(2,17)18/h6-7,13H,3-5H2,1-2H3. The minimum atomic E-state index is -2.97. The number of sulfone groups is 1. The third-order valence-corrected chi connectivity index (χ3v) is 3.83. The van der Waals surface area contributed by atoms with Gasteiger partial charge >= 0.3 is 0 Å². The van der Waals surface area contributed by atoms with Gasteiger partial charge in [0.15, 0.2) is 0 Å². The Bertz CT molecular complexity index is 587. The van der Waals surface area contributed by atoms with Gasteiger partial charge < -0.3 is 5.32 Å². The third kappa shape index (κ3) is 5.04. The molecule has 8 heteroatoms. The fourth-order valence-corrected chi connectivity index (χ4v) is 2.46. The molecule has 0 radical (unpaired) electrons. The van der Waals surface area contributed by atoms with Gasteiger partial charge in [-0.3, -0.25) is 10.1 Å². The summed E-state index contributed by atoms with van der Waals surface area (Å²) in [6.45, 7) is 2.18. The van der Waals surface area contributed by atoms with Gasteiger partial charge in [0.2, 0.25) is 0 Å². The predicted molar refractivity (Wildman–Crippen MR) is 75.7 cm³/mol. The summed E-state index contributed by atoms with van der Waals surface area (Å²) in [5.41, 5.74) is 1.22. The lowest BCUT2D eigenvalue weighted by Crippen LogP contribution is -2.10. The lowest BCUT2D eigenvalue weighted by molar-refractivity contribution is -0.384. The number of hydrogen-bond acceptors (Lipinski definition) is 5. The highest BCUT2D eigenvalue weighted by molar-refractivity contribution is 7.90. The molecule has 6 nitrogen and oxygen atoms in total. The topological polar surface area (TPSA) is 89.3 Å². The first-order valence-corrected chi connectivity index (χ1v) is 8.00. The molecule has 0 heterocycles. The summed E-state index contributed by atoms with van der Waals surface area (Å²) in [5.74, 6) is 0.0970. The Kier molecular flexibility index (Phi) is 5.13. The Balaban J connectivity index is 2.70. The summed E-state index contributed by atoms with van der Waals surface area (Å²) in [4.78, 5) is 10.2. The largest absolute Gasteiger partial charge is 0.385 e. The van der Waals surface area contributed by atoms with E-state index in [4.69, 9.17) is 11.6 Å². The first-order chi connectivity index (χ1) is 8.70. The van der Waals surface area contributed by atoms with E-state index >= 15 is 0 Å². The number of hydrogen-bond donors (Lipinski definition) is 1. The van der Waals surface area contributed by atoms with Crippen LogP contribution in [0.5, 0.6) is 0 Å². The summed E-state index contributed by atoms with van der Waals surface area (Å²) in [6, 6.07) is 2.87. The maximum atomic E-state index is 11.0. The molecule has 0 amide bonds. The summed E-state index contributed by atoms with van der Waals surface area (Å²) >= 11 is 5.80. The van der Waals surface area contributed by atoms with Crippen molar-refractivity contribution in [3.63, 3.8) is 0 Å². The molecule has 0 aromatic heterocycles. The zero-order valence-corrected chi connectivity index (χ0v) is 12.2. The quantitative estimate of drug-likeness (QED) is 0.495. The molecule has 0 saturated heterocycles. The molecular formula is C11H15ClN2O4S. The van der Waals surface area contributed by atoms with Crippen molar-refractivity contribution >= 4 is 32.8 Å². The minimum absolute atomic E-state index is 0.0567. The molecule has 19 heavy (non-hydrogen) atoms. The number of nitro groups is 1. The van der Waals surface area contributed by atoms with Crippen LogP contribution in [0.2, 0.25) is 5.02 Å².